The summed E-state index contributed by atoms with van der Waals surface area (Å²) >= 11 is 1.61. The first-order valence-electron chi connectivity index (χ1n) is 9.82. The van der Waals surface area contributed by atoms with Gasteiger partial charge in [-0.05, 0) is 23.6 Å². The van der Waals surface area contributed by atoms with E-state index in [0.29, 0.717) is 35.3 Å². The monoisotopic (exact) mass is 440 g/mol. The third kappa shape index (κ3) is 3.40. The predicted molar refractivity (Wildman–Crippen MR) is 123 cm³/mol. The number of rotatable bonds is 6. The third-order valence-electron chi connectivity index (χ3n) is 4.85. The van der Waals surface area contributed by atoms with E-state index in [2.05, 4.69) is 45.5 Å². The molecule has 5 aromatic heterocycles. The van der Waals surface area contributed by atoms with Crippen molar-refractivity contribution in [2.24, 2.45) is 0 Å². The van der Waals surface area contributed by atoms with Crippen molar-refractivity contribution in [1.29, 1.82) is 0 Å². The van der Waals surface area contributed by atoms with Crippen LogP contribution in [0.15, 0.2) is 66.0 Å². The molecule has 6 aromatic rings. The van der Waals surface area contributed by atoms with E-state index in [1.54, 1.807) is 36.3 Å². The first-order chi connectivity index (χ1) is 15.8. The highest BCUT2D eigenvalue weighted by Crippen LogP contribution is 2.26. The Bertz CT molecular complexity index is 1470. The van der Waals surface area contributed by atoms with Gasteiger partial charge in [-0.1, -0.05) is 12.1 Å². The number of aromatic nitrogens is 8. The van der Waals surface area contributed by atoms with E-state index in [1.807, 2.05) is 45.7 Å². The maximum absolute atomic E-state index is 4.69. The van der Waals surface area contributed by atoms with Gasteiger partial charge in [0.1, 0.15) is 12.2 Å². The van der Waals surface area contributed by atoms with Crippen molar-refractivity contribution in [3.8, 4) is 5.69 Å². The van der Waals surface area contributed by atoms with E-state index in [1.165, 1.54) is 0 Å². The van der Waals surface area contributed by atoms with E-state index in [0.717, 1.165) is 22.5 Å². The Morgan fingerprint density at radius 2 is 2.00 bits per heavy atom. The molecule has 0 aliphatic carbocycles. The second-order valence-corrected chi connectivity index (χ2v) is 7.71. The summed E-state index contributed by atoms with van der Waals surface area (Å²) in [6, 6.07) is 9.94. The highest BCUT2D eigenvalue weighted by molar-refractivity contribution is 7.08. The first-order valence-corrected chi connectivity index (χ1v) is 10.8. The standard InChI is InChI=1S/C21H16N10S/c1-2-4-15-14(3-1)26-17(27-15)10-24-19-18-20(31(12-25-18)13-5-8-32-11-13)30-21(29-19)28-16-9-22-6-7-23-16/h1-9,11-12H,10H2,(H,26,27)(H2,23,24,28,29,30). The first kappa shape index (κ1) is 18.4. The average Bonchev–Trinajstić information content (AvgIpc) is 3.57. The van der Waals surface area contributed by atoms with Crippen molar-refractivity contribution in [2.45, 2.75) is 6.54 Å². The Labute approximate surface area is 185 Å². The summed E-state index contributed by atoms with van der Waals surface area (Å²) in [7, 11) is 0. The van der Waals surface area contributed by atoms with Crippen molar-refractivity contribution in [3.63, 3.8) is 0 Å². The Morgan fingerprint density at radius 1 is 1.03 bits per heavy atom. The summed E-state index contributed by atoms with van der Waals surface area (Å²) in [5.74, 6) is 2.34. The van der Waals surface area contributed by atoms with Crippen LogP contribution in [0.4, 0.5) is 17.6 Å². The molecule has 0 spiro atoms. The number of nitrogens with one attached hydrogen (secondary N) is 3. The molecular formula is C21H16N10S. The number of nitrogens with zero attached hydrogens (tertiary/aromatic N) is 7. The van der Waals surface area contributed by atoms with Gasteiger partial charge in [0.2, 0.25) is 5.95 Å². The van der Waals surface area contributed by atoms with Crippen LogP contribution in [0.1, 0.15) is 5.82 Å². The van der Waals surface area contributed by atoms with E-state index < -0.39 is 0 Å². The smallest absolute Gasteiger partial charge is 0.232 e. The maximum atomic E-state index is 4.69. The lowest BCUT2D eigenvalue weighted by molar-refractivity contribution is 0.995. The fourth-order valence-corrected chi connectivity index (χ4v) is 4.03. The molecule has 11 heteroatoms. The molecule has 0 aliphatic rings. The fraction of sp³-hybridized carbons (Fsp3) is 0.0476. The molecule has 5 heterocycles. The molecule has 0 radical (unpaired) electrons. The van der Waals surface area contributed by atoms with Gasteiger partial charge in [0, 0.05) is 17.8 Å². The van der Waals surface area contributed by atoms with Crippen molar-refractivity contribution in [3.05, 3.63) is 71.8 Å². The highest BCUT2D eigenvalue weighted by atomic mass is 32.1. The Morgan fingerprint density at radius 3 is 2.84 bits per heavy atom. The molecule has 32 heavy (non-hydrogen) atoms. The van der Waals surface area contributed by atoms with Gasteiger partial charge in [0.25, 0.3) is 0 Å². The minimum Gasteiger partial charge on any atom is -0.361 e. The van der Waals surface area contributed by atoms with Gasteiger partial charge >= 0.3 is 0 Å². The molecule has 1 aromatic carbocycles. The number of anilines is 3. The molecule has 156 valence electrons. The topological polar surface area (TPSA) is 122 Å². The second kappa shape index (κ2) is 7.71. The Kier molecular flexibility index (Phi) is 4.43. The highest BCUT2D eigenvalue weighted by Gasteiger charge is 2.15. The zero-order valence-electron chi connectivity index (χ0n) is 16.6. The van der Waals surface area contributed by atoms with Gasteiger partial charge in [-0.2, -0.15) is 21.3 Å². The second-order valence-electron chi connectivity index (χ2n) is 6.93. The number of hydrogen-bond acceptors (Lipinski definition) is 9. The van der Waals surface area contributed by atoms with E-state index in [4.69, 9.17) is 0 Å². The average molecular weight is 440 g/mol. The largest absolute Gasteiger partial charge is 0.361 e. The molecule has 0 amide bonds. The minimum atomic E-state index is 0.391. The molecule has 6 rings (SSSR count). The molecule has 10 nitrogen and oxygen atoms in total. The molecule has 0 aliphatic heterocycles. The van der Waals surface area contributed by atoms with Crippen LogP contribution in [0.5, 0.6) is 0 Å². The SMILES string of the molecule is c1ccc2[nH]c(CNc3nc(Nc4cnccn4)nc4c3ncn4-c3ccsc3)nc2c1. The van der Waals surface area contributed by atoms with Gasteiger partial charge in [-0.25, -0.2) is 15.0 Å². The zero-order valence-corrected chi connectivity index (χ0v) is 17.4. The van der Waals surface area contributed by atoms with Crippen LogP contribution >= 0.6 is 11.3 Å². The summed E-state index contributed by atoms with van der Waals surface area (Å²) in [5.41, 5.74) is 4.24. The Balaban J connectivity index is 1.39. The van der Waals surface area contributed by atoms with Crippen LogP contribution in [0.3, 0.4) is 0 Å². The summed E-state index contributed by atoms with van der Waals surface area (Å²) < 4.78 is 1.93. The lowest BCUT2D eigenvalue weighted by atomic mass is 10.3. The number of thiophene rings is 1. The molecule has 0 saturated carbocycles. The summed E-state index contributed by atoms with van der Waals surface area (Å²) in [4.78, 5) is 30.2. The number of para-hydroxylation sites is 2. The van der Waals surface area contributed by atoms with Crippen LogP contribution in [0.2, 0.25) is 0 Å². The third-order valence-corrected chi connectivity index (χ3v) is 5.52. The van der Waals surface area contributed by atoms with Crippen molar-refractivity contribution < 1.29 is 0 Å². The maximum Gasteiger partial charge on any atom is 0.232 e. The number of H-pyrrole nitrogens is 1. The van der Waals surface area contributed by atoms with Gasteiger partial charge in [0.15, 0.2) is 22.8 Å². The molecule has 0 bridgehead atoms. The van der Waals surface area contributed by atoms with Gasteiger partial charge in [-0.15, -0.1) is 0 Å². The van der Waals surface area contributed by atoms with Crippen LogP contribution in [-0.4, -0.2) is 39.5 Å². The predicted octanol–water partition coefficient (Wildman–Crippen LogP) is 3.90. The number of aromatic amines is 1. The van der Waals surface area contributed by atoms with Crippen LogP contribution in [0.25, 0.3) is 27.9 Å². The van der Waals surface area contributed by atoms with Crippen molar-refractivity contribution in [2.75, 3.05) is 10.6 Å². The van der Waals surface area contributed by atoms with E-state index >= 15 is 0 Å². The number of benzene rings is 1. The summed E-state index contributed by atoms with van der Waals surface area (Å²) in [6.45, 7) is 0.455. The van der Waals surface area contributed by atoms with Gasteiger partial charge in [0.05, 0.1) is 29.5 Å². The summed E-state index contributed by atoms with van der Waals surface area (Å²) in [6.07, 6.45) is 6.59. The number of fused-ring (bicyclic) bond motifs is 2. The fourth-order valence-electron chi connectivity index (χ4n) is 3.40. The molecule has 0 atom stereocenters. The minimum absolute atomic E-state index is 0.391. The van der Waals surface area contributed by atoms with Crippen molar-refractivity contribution in [1.82, 2.24) is 39.5 Å². The molecular weight excluding hydrogens is 424 g/mol. The summed E-state index contributed by atoms with van der Waals surface area (Å²) in [5, 5.41) is 10.5. The molecule has 0 unspecified atom stereocenters. The molecule has 0 fully saturated rings. The van der Waals surface area contributed by atoms with Gasteiger partial charge < -0.3 is 15.6 Å². The number of hydrogen-bond donors (Lipinski definition) is 3. The van der Waals surface area contributed by atoms with E-state index in [9.17, 15) is 0 Å². The van der Waals surface area contributed by atoms with Gasteiger partial charge in [-0.3, -0.25) is 9.55 Å². The number of imidazole rings is 2. The van der Waals surface area contributed by atoms with Crippen LogP contribution < -0.4 is 10.6 Å². The molecule has 0 saturated heterocycles. The van der Waals surface area contributed by atoms with E-state index in [-0.39, 0.29) is 0 Å². The lowest BCUT2D eigenvalue weighted by Gasteiger charge is -2.09. The van der Waals surface area contributed by atoms with Crippen LogP contribution in [-0.2, 0) is 6.54 Å². The van der Waals surface area contributed by atoms with Crippen LogP contribution in [0, 0.1) is 0 Å². The van der Waals surface area contributed by atoms with Crippen molar-refractivity contribution >= 4 is 51.1 Å². The molecule has 3 N–H and O–H groups in total. The quantitative estimate of drug-likeness (QED) is 0.356. The normalized spacial score (nSPS) is 11.2. The lowest BCUT2D eigenvalue weighted by Crippen LogP contribution is -2.08. The zero-order chi connectivity index (χ0) is 21.3. The Hall–Kier alpha value is -4.38.